The van der Waals surface area contributed by atoms with Crippen LogP contribution in [0.1, 0.15) is 32.1 Å². The smallest absolute Gasteiger partial charge is 0.0695 e. The molecular weight excluding hydrogens is 138 g/mol. The summed E-state index contributed by atoms with van der Waals surface area (Å²) in [5, 5.41) is 9.59. The van der Waals surface area contributed by atoms with Crippen molar-refractivity contribution >= 4 is 0 Å². The van der Waals surface area contributed by atoms with E-state index in [9.17, 15) is 5.11 Å². The number of aliphatic hydroxyl groups is 1. The van der Waals surface area contributed by atoms with Gasteiger partial charge in [-0.15, -0.1) is 0 Å². The van der Waals surface area contributed by atoms with E-state index in [0.29, 0.717) is 6.04 Å². The monoisotopic (exact) mass is 155 g/mol. The lowest BCUT2D eigenvalue weighted by molar-refractivity contribution is 0.0821. The first-order valence-electron chi connectivity index (χ1n) is 4.69. The molecule has 64 valence electrons. The fraction of sp³-hybridized carbons (Fsp3) is 1.00. The lowest BCUT2D eigenvalue weighted by Crippen LogP contribution is -2.38. The molecule has 2 aliphatic carbocycles. The third kappa shape index (κ3) is 1.42. The first-order valence-corrected chi connectivity index (χ1v) is 4.69. The van der Waals surface area contributed by atoms with E-state index in [2.05, 4.69) is 11.9 Å². The topological polar surface area (TPSA) is 23.5 Å². The molecule has 2 aliphatic rings. The number of likely N-dealkylation sites (N-methyl/N-ethyl adjacent to an activating group) is 1. The number of hydrogen-bond donors (Lipinski definition) is 1. The van der Waals surface area contributed by atoms with Gasteiger partial charge in [-0.2, -0.15) is 0 Å². The van der Waals surface area contributed by atoms with Gasteiger partial charge in [0.15, 0.2) is 0 Å². The molecule has 0 saturated heterocycles. The second-order valence-corrected chi connectivity index (χ2v) is 3.96. The fourth-order valence-electron chi connectivity index (χ4n) is 2.15. The van der Waals surface area contributed by atoms with Gasteiger partial charge in [0.25, 0.3) is 0 Å². The Kier molecular flexibility index (Phi) is 1.90. The summed E-state index contributed by atoms with van der Waals surface area (Å²) >= 11 is 0. The quantitative estimate of drug-likeness (QED) is 0.643. The van der Waals surface area contributed by atoms with Crippen molar-refractivity contribution in [3.63, 3.8) is 0 Å². The average Bonchev–Trinajstić information content (AvgIpc) is 2.74. The maximum absolute atomic E-state index is 9.59. The van der Waals surface area contributed by atoms with Crippen molar-refractivity contribution in [3.8, 4) is 0 Å². The predicted octanol–water partition coefficient (Wildman–Crippen LogP) is 0.994. The molecule has 2 rings (SSSR count). The molecule has 0 aliphatic heterocycles. The Hall–Kier alpha value is -0.0800. The number of aliphatic hydroxyl groups excluding tert-OH is 1. The minimum Gasteiger partial charge on any atom is -0.391 e. The lowest BCUT2D eigenvalue weighted by atomic mass is 10.2. The van der Waals surface area contributed by atoms with Gasteiger partial charge in [0.1, 0.15) is 0 Å². The first-order chi connectivity index (χ1) is 5.29. The second kappa shape index (κ2) is 2.76. The SMILES string of the molecule is CN(C1CC1)[C@H]1CCC[C@@H]1O. The normalized spacial score (nSPS) is 38.5. The maximum atomic E-state index is 9.59. The van der Waals surface area contributed by atoms with Crippen LogP contribution in [0.25, 0.3) is 0 Å². The van der Waals surface area contributed by atoms with Gasteiger partial charge in [-0.05, 0) is 39.2 Å². The van der Waals surface area contributed by atoms with E-state index >= 15 is 0 Å². The summed E-state index contributed by atoms with van der Waals surface area (Å²) < 4.78 is 0. The Balaban J connectivity index is 1.91. The average molecular weight is 155 g/mol. The highest BCUT2D eigenvalue weighted by Gasteiger charge is 2.36. The van der Waals surface area contributed by atoms with Crippen molar-refractivity contribution in [1.82, 2.24) is 4.90 Å². The molecule has 0 aromatic heterocycles. The van der Waals surface area contributed by atoms with Crippen LogP contribution in [0, 0.1) is 0 Å². The van der Waals surface area contributed by atoms with E-state index in [1.807, 2.05) is 0 Å². The Morgan fingerprint density at radius 2 is 1.91 bits per heavy atom. The minimum atomic E-state index is -0.0411. The van der Waals surface area contributed by atoms with Gasteiger partial charge in [-0.3, -0.25) is 4.90 Å². The van der Waals surface area contributed by atoms with Crippen LogP contribution >= 0.6 is 0 Å². The third-order valence-corrected chi connectivity index (χ3v) is 3.09. The molecule has 2 nitrogen and oxygen atoms in total. The molecule has 0 spiro atoms. The highest BCUT2D eigenvalue weighted by Crippen LogP contribution is 2.32. The zero-order valence-electron chi connectivity index (χ0n) is 7.16. The largest absolute Gasteiger partial charge is 0.391 e. The highest BCUT2D eigenvalue weighted by atomic mass is 16.3. The highest BCUT2D eigenvalue weighted by molar-refractivity contribution is 4.92. The van der Waals surface area contributed by atoms with Crippen molar-refractivity contribution in [2.24, 2.45) is 0 Å². The summed E-state index contributed by atoms with van der Waals surface area (Å²) in [6.07, 6.45) is 6.08. The van der Waals surface area contributed by atoms with Crippen LogP contribution in [0.3, 0.4) is 0 Å². The van der Waals surface area contributed by atoms with E-state index in [1.54, 1.807) is 0 Å². The van der Waals surface area contributed by atoms with Crippen LogP contribution in [0.15, 0.2) is 0 Å². The summed E-state index contributed by atoms with van der Waals surface area (Å²) in [5.41, 5.74) is 0. The van der Waals surface area contributed by atoms with Crippen molar-refractivity contribution < 1.29 is 5.11 Å². The van der Waals surface area contributed by atoms with Crippen molar-refractivity contribution in [1.29, 1.82) is 0 Å². The van der Waals surface area contributed by atoms with Crippen LogP contribution in [0.2, 0.25) is 0 Å². The molecule has 0 amide bonds. The molecule has 0 bridgehead atoms. The summed E-state index contributed by atoms with van der Waals surface area (Å²) in [5.74, 6) is 0. The van der Waals surface area contributed by atoms with Gasteiger partial charge in [0.05, 0.1) is 6.10 Å². The zero-order valence-corrected chi connectivity index (χ0v) is 7.16. The molecule has 0 aromatic rings. The number of nitrogens with zero attached hydrogens (tertiary/aromatic N) is 1. The van der Waals surface area contributed by atoms with Gasteiger partial charge in [-0.25, -0.2) is 0 Å². The standard InChI is InChI=1S/C9H17NO/c1-10(7-5-6-7)8-3-2-4-9(8)11/h7-9,11H,2-6H2,1H3/t8-,9-/m0/s1. The molecular formula is C9H17NO. The summed E-state index contributed by atoms with van der Waals surface area (Å²) in [6, 6.07) is 1.27. The van der Waals surface area contributed by atoms with Gasteiger partial charge in [0, 0.05) is 12.1 Å². The Morgan fingerprint density at radius 3 is 2.36 bits per heavy atom. The maximum Gasteiger partial charge on any atom is 0.0695 e. The first kappa shape index (κ1) is 7.56. The van der Waals surface area contributed by atoms with Crippen LogP contribution in [0.5, 0.6) is 0 Å². The molecule has 0 aromatic carbocycles. The van der Waals surface area contributed by atoms with Gasteiger partial charge >= 0.3 is 0 Å². The summed E-state index contributed by atoms with van der Waals surface area (Å²) in [4.78, 5) is 2.39. The summed E-state index contributed by atoms with van der Waals surface area (Å²) in [6.45, 7) is 0. The number of hydrogen-bond acceptors (Lipinski definition) is 2. The third-order valence-electron chi connectivity index (χ3n) is 3.09. The van der Waals surface area contributed by atoms with Crippen LogP contribution in [-0.4, -0.2) is 35.2 Å². The fourth-order valence-corrected chi connectivity index (χ4v) is 2.15. The van der Waals surface area contributed by atoms with E-state index in [-0.39, 0.29) is 6.10 Å². The molecule has 0 radical (unpaired) electrons. The second-order valence-electron chi connectivity index (χ2n) is 3.96. The Morgan fingerprint density at radius 1 is 1.18 bits per heavy atom. The van der Waals surface area contributed by atoms with Crippen molar-refractivity contribution in [3.05, 3.63) is 0 Å². The van der Waals surface area contributed by atoms with E-state index < -0.39 is 0 Å². The van der Waals surface area contributed by atoms with E-state index in [1.165, 1.54) is 25.7 Å². The molecule has 2 heteroatoms. The van der Waals surface area contributed by atoms with E-state index in [4.69, 9.17) is 0 Å². The molecule has 0 heterocycles. The molecule has 0 unspecified atom stereocenters. The molecule has 11 heavy (non-hydrogen) atoms. The van der Waals surface area contributed by atoms with Crippen molar-refractivity contribution in [2.45, 2.75) is 50.3 Å². The van der Waals surface area contributed by atoms with Crippen LogP contribution in [-0.2, 0) is 0 Å². The van der Waals surface area contributed by atoms with Crippen molar-refractivity contribution in [2.75, 3.05) is 7.05 Å². The van der Waals surface area contributed by atoms with E-state index in [0.717, 1.165) is 12.5 Å². The van der Waals surface area contributed by atoms with Crippen LogP contribution in [0.4, 0.5) is 0 Å². The Labute approximate surface area is 68.2 Å². The Bertz CT molecular complexity index is 144. The van der Waals surface area contributed by atoms with Gasteiger partial charge in [0.2, 0.25) is 0 Å². The van der Waals surface area contributed by atoms with Crippen LogP contribution < -0.4 is 0 Å². The minimum absolute atomic E-state index is 0.0411. The predicted molar refractivity (Wildman–Crippen MR) is 44.4 cm³/mol. The summed E-state index contributed by atoms with van der Waals surface area (Å²) in [7, 11) is 2.16. The van der Waals surface area contributed by atoms with Gasteiger partial charge < -0.3 is 5.11 Å². The molecule has 2 atom stereocenters. The van der Waals surface area contributed by atoms with Gasteiger partial charge in [-0.1, -0.05) is 0 Å². The molecule has 2 saturated carbocycles. The number of rotatable bonds is 2. The molecule has 2 fully saturated rings. The zero-order chi connectivity index (χ0) is 7.84. The molecule has 1 N–H and O–H groups in total. The lowest BCUT2D eigenvalue weighted by Gasteiger charge is -2.26.